The number of ether oxygens (including phenoxy) is 2. The van der Waals surface area contributed by atoms with Crippen LogP contribution >= 0.6 is 0 Å². The van der Waals surface area contributed by atoms with E-state index in [9.17, 15) is 18.0 Å². The van der Waals surface area contributed by atoms with Crippen molar-refractivity contribution in [3.8, 4) is 5.88 Å². The number of carbonyl (C=O) groups excluding carboxylic acids is 1. The van der Waals surface area contributed by atoms with Gasteiger partial charge in [-0.3, -0.25) is 4.79 Å². The van der Waals surface area contributed by atoms with E-state index in [1.807, 2.05) is 12.1 Å². The van der Waals surface area contributed by atoms with Crippen LogP contribution in [0.5, 0.6) is 5.88 Å². The Labute approximate surface area is 172 Å². The summed E-state index contributed by atoms with van der Waals surface area (Å²) in [6.07, 6.45) is -1.60. The minimum Gasteiger partial charge on any atom is -0.468 e. The van der Waals surface area contributed by atoms with Crippen molar-refractivity contribution < 1.29 is 27.4 Å². The minimum absolute atomic E-state index is 0.197. The Morgan fingerprint density at radius 2 is 2.03 bits per heavy atom. The van der Waals surface area contributed by atoms with Crippen LogP contribution in [0.15, 0.2) is 42.6 Å². The van der Waals surface area contributed by atoms with Crippen LogP contribution in [0.25, 0.3) is 0 Å². The molecule has 1 atom stereocenters. The van der Waals surface area contributed by atoms with Gasteiger partial charge in [-0.05, 0) is 30.2 Å². The zero-order valence-corrected chi connectivity index (χ0v) is 16.6. The van der Waals surface area contributed by atoms with E-state index in [1.165, 1.54) is 18.3 Å². The van der Waals surface area contributed by atoms with Crippen LogP contribution < -0.4 is 15.4 Å². The smallest absolute Gasteiger partial charge is 0.422 e. The largest absolute Gasteiger partial charge is 0.468 e. The second kappa shape index (κ2) is 9.44. The fourth-order valence-electron chi connectivity index (χ4n) is 3.21. The number of morpholine rings is 1. The van der Waals surface area contributed by atoms with E-state index < -0.39 is 18.7 Å². The van der Waals surface area contributed by atoms with Crippen molar-refractivity contribution in [3.05, 3.63) is 53.7 Å². The second-order valence-electron chi connectivity index (χ2n) is 7.18. The third kappa shape index (κ3) is 6.17. The highest BCUT2D eigenvalue weighted by atomic mass is 19.4. The van der Waals surface area contributed by atoms with Crippen LogP contribution in [0.1, 0.15) is 29.3 Å². The van der Waals surface area contributed by atoms with Gasteiger partial charge in [0, 0.05) is 37.5 Å². The van der Waals surface area contributed by atoms with Crippen LogP contribution in [0.3, 0.4) is 0 Å². The molecule has 1 aliphatic rings. The van der Waals surface area contributed by atoms with Gasteiger partial charge in [0.15, 0.2) is 6.61 Å². The molecule has 0 spiro atoms. The lowest BCUT2D eigenvalue weighted by Gasteiger charge is -2.37. The fraction of sp³-hybridized carbons (Fsp3) is 0.429. The molecule has 0 aliphatic carbocycles. The monoisotopic (exact) mass is 423 g/mol. The van der Waals surface area contributed by atoms with Crippen molar-refractivity contribution in [2.45, 2.75) is 31.5 Å². The first-order valence-corrected chi connectivity index (χ1v) is 9.69. The Hall–Kier alpha value is -2.65. The first-order valence-electron chi connectivity index (χ1n) is 9.69. The van der Waals surface area contributed by atoms with Crippen LogP contribution in [0, 0.1) is 0 Å². The molecule has 2 N–H and O–H groups in total. The van der Waals surface area contributed by atoms with Gasteiger partial charge in [-0.15, -0.1) is 0 Å². The Morgan fingerprint density at radius 3 is 2.60 bits per heavy atom. The lowest BCUT2D eigenvalue weighted by atomic mass is 9.90. The van der Waals surface area contributed by atoms with Gasteiger partial charge in [0.05, 0.1) is 17.8 Å². The van der Waals surface area contributed by atoms with Gasteiger partial charge in [-0.1, -0.05) is 19.1 Å². The molecule has 9 heteroatoms. The van der Waals surface area contributed by atoms with Gasteiger partial charge in [0.25, 0.3) is 5.91 Å². The highest BCUT2D eigenvalue weighted by molar-refractivity contribution is 6.04. The summed E-state index contributed by atoms with van der Waals surface area (Å²) in [5, 5.41) is 6.11. The third-order valence-corrected chi connectivity index (χ3v) is 4.90. The molecule has 1 aromatic heterocycles. The number of anilines is 1. The van der Waals surface area contributed by atoms with Crippen molar-refractivity contribution in [1.29, 1.82) is 0 Å². The van der Waals surface area contributed by atoms with Gasteiger partial charge < -0.3 is 20.1 Å². The zero-order valence-electron chi connectivity index (χ0n) is 16.6. The van der Waals surface area contributed by atoms with Crippen LogP contribution in [-0.4, -0.2) is 49.0 Å². The summed E-state index contributed by atoms with van der Waals surface area (Å²) in [6.45, 7) is 3.03. The summed E-state index contributed by atoms with van der Waals surface area (Å²) in [7, 11) is 0. The van der Waals surface area contributed by atoms with Crippen LogP contribution in [0.2, 0.25) is 0 Å². The van der Waals surface area contributed by atoms with Gasteiger partial charge >= 0.3 is 6.18 Å². The average Bonchev–Trinajstić information content (AvgIpc) is 2.74. The number of nitrogens with one attached hydrogen (secondary N) is 2. The summed E-state index contributed by atoms with van der Waals surface area (Å²) in [5.41, 5.74) is 1.70. The summed E-state index contributed by atoms with van der Waals surface area (Å²) in [5.74, 6) is -0.611. The fourth-order valence-corrected chi connectivity index (χ4v) is 3.21. The second-order valence-corrected chi connectivity index (χ2v) is 7.18. The van der Waals surface area contributed by atoms with Crippen LogP contribution in [-0.2, 0) is 11.2 Å². The molecule has 2 heterocycles. The number of hydrogen-bond donors (Lipinski definition) is 2. The SMILES string of the molecule is CC[C@@]1(Cc2ccc(NC(=O)c3ccc(OCC(F)(F)F)nc3)cc2)CNCCO1. The number of amides is 1. The summed E-state index contributed by atoms with van der Waals surface area (Å²) < 4.78 is 47.0. The van der Waals surface area contributed by atoms with Crippen LogP contribution in [0.4, 0.5) is 18.9 Å². The van der Waals surface area contributed by atoms with Gasteiger partial charge in [0.1, 0.15) is 0 Å². The highest BCUT2D eigenvalue weighted by Gasteiger charge is 2.31. The number of alkyl halides is 3. The molecule has 0 unspecified atom stereocenters. The van der Waals surface area contributed by atoms with Gasteiger partial charge in [0.2, 0.25) is 5.88 Å². The molecular weight excluding hydrogens is 399 g/mol. The van der Waals surface area contributed by atoms with E-state index in [0.29, 0.717) is 12.3 Å². The van der Waals surface area contributed by atoms with Crippen molar-refractivity contribution in [1.82, 2.24) is 10.3 Å². The maximum Gasteiger partial charge on any atom is 0.422 e. The van der Waals surface area contributed by atoms with Crippen molar-refractivity contribution >= 4 is 11.6 Å². The number of pyridine rings is 1. The number of hydrogen-bond acceptors (Lipinski definition) is 5. The highest BCUT2D eigenvalue weighted by Crippen LogP contribution is 2.24. The number of benzene rings is 1. The third-order valence-electron chi connectivity index (χ3n) is 4.90. The quantitative estimate of drug-likeness (QED) is 0.712. The molecule has 30 heavy (non-hydrogen) atoms. The predicted molar refractivity (Wildman–Crippen MR) is 106 cm³/mol. The van der Waals surface area contributed by atoms with Gasteiger partial charge in [-0.25, -0.2) is 4.98 Å². The molecule has 1 aromatic carbocycles. The molecule has 6 nitrogen and oxygen atoms in total. The Kier molecular flexibility index (Phi) is 6.94. The predicted octanol–water partition coefficient (Wildman–Crippen LogP) is 3.59. The molecule has 0 bridgehead atoms. The molecule has 1 aliphatic heterocycles. The molecule has 1 fully saturated rings. The molecule has 3 rings (SSSR count). The molecule has 1 amide bonds. The number of nitrogens with zero attached hydrogens (tertiary/aromatic N) is 1. The topological polar surface area (TPSA) is 72.5 Å². The Balaban J connectivity index is 1.56. The van der Waals surface area contributed by atoms with E-state index in [2.05, 4.69) is 27.3 Å². The zero-order chi connectivity index (χ0) is 21.6. The van der Waals surface area contributed by atoms with Crippen molar-refractivity contribution in [2.75, 3.05) is 31.6 Å². The number of aromatic nitrogens is 1. The molecule has 162 valence electrons. The Morgan fingerprint density at radius 1 is 1.27 bits per heavy atom. The minimum atomic E-state index is -4.44. The molecule has 1 saturated heterocycles. The van der Waals surface area contributed by atoms with Gasteiger partial charge in [-0.2, -0.15) is 13.2 Å². The number of carbonyl (C=O) groups is 1. The average molecular weight is 423 g/mol. The number of rotatable bonds is 7. The molecule has 0 radical (unpaired) electrons. The molecule has 0 saturated carbocycles. The first kappa shape index (κ1) is 22.0. The lowest BCUT2D eigenvalue weighted by Crippen LogP contribution is -2.50. The van der Waals surface area contributed by atoms with Crippen molar-refractivity contribution in [2.24, 2.45) is 0 Å². The maximum atomic E-state index is 12.3. The first-order chi connectivity index (χ1) is 14.3. The normalized spacial score (nSPS) is 19.3. The van der Waals surface area contributed by atoms with E-state index >= 15 is 0 Å². The Bertz CT molecular complexity index is 833. The van der Waals surface area contributed by atoms with E-state index in [0.717, 1.165) is 31.5 Å². The standard InChI is InChI=1S/C21H24F3N3O3/c1-2-20(13-25-9-10-30-20)11-15-3-6-17(7-4-15)27-19(28)16-5-8-18(26-12-16)29-14-21(22,23)24/h3-8,12,25H,2,9-11,13-14H2,1H3,(H,27,28)/t20-/m1/s1. The van der Waals surface area contributed by atoms with Crippen molar-refractivity contribution in [3.63, 3.8) is 0 Å². The summed E-state index contributed by atoms with van der Waals surface area (Å²) in [6, 6.07) is 10.1. The maximum absolute atomic E-state index is 12.3. The summed E-state index contributed by atoms with van der Waals surface area (Å²) in [4.78, 5) is 16.1. The summed E-state index contributed by atoms with van der Waals surface area (Å²) >= 11 is 0. The van der Waals surface area contributed by atoms with E-state index in [1.54, 1.807) is 12.1 Å². The number of halogens is 3. The molecule has 2 aromatic rings. The van der Waals surface area contributed by atoms with E-state index in [4.69, 9.17) is 4.74 Å². The molecular formula is C21H24F3N3O3. The lowest BCUT2D eigenvalue weighted by molar-refractivity contribution is -0.154. The van der Waals surface area contributed by atoms with E-state index in [-0.39, 0.29) is 17.0 Å².